The lowest BCUT2D eigenvalue weighted by Crippen LogP contribution is -2.48. The number of thiazole rings is 1. The summed E-state index contributed by atoms with van der Waals surface area (Å²) in [5.41, 5.74) is 3.73. The highest BCUT2D eigenvalue weighted by molar-refractivity contribution is 7.19. The number of fused-ring (bicyclic) bond motifs is 1. The first-order valence-corrected chi connectivity index (χ1v) is 11.9. The topological polar surface area (TPSA) is 40.9 Å². The number of aromatic nitrogens is 2. The van der Waals surface area contributed by atoms with E-state index in [1.54, 1.807) is 12.1 Å². The normalized spacial score (nSPS) is 15.0. The summed E-state index contributed by atoms with van der Waals surface area (Å²) >= 11 is 1.42. The number of hydrogen-bond donors (Lipinski definition) is 0. The number of benzene rings is 2. The summed E-state index contributed by atoms with van der Waals surface area (Å²) in [5.74, 6) is -0.193. The number of hydrogen-bond acceptors (Lipinski definition) is 4. The fourth-order valence-corrected chi connectivity index (χ4v) is 5.16. The van der Waals surface area contributed by atoms with Gasteiger partial charge in [0.1, 0.15) is 10.7 Å². The molecule has 2 aromatic heterocycles. The lowest BCUT2D eigenvalue weighted by atomic mass is 10.2. The van der Waals surface area contributed by atoms with E-state index in [1.807, 2.05) is 40.6 Å². The Hall–Kier alpha value is -3.29. The molecule has 2 aromatic carbocycles. The van der Waals surface area contributed by atoms with Crippen LogP contribution in [0.1, 0.15) is 20.9 Å². The molecule has 33 heavy (non-hydrogen) atoms. The van der Waals surface area contributed by atoms with Gasteiger partial charge in [-0.05, 0) is 36.8 Å². The average Bonchev–Trinajstić information content (AvgIpc) is 3.40. The van der Waals surface area contributed by atoms with Gasteiger partial charge in [-0.2, -0.15) is 0 Å². The molecule has 0 spiro atoms. The largest absolute Gasteiger partial charge is 0.335 e. The van der Waals surface area contributed by atoms with Crippen LogP contribution >= 0.6 is 11.3 Å². The van der Waals surface area contributed by atoms with Crippen molar-refractivity contribution in [3.63, 3.8) is 0 Å². The number of aryl methyl sites for hydroxylation is 1. The molecule has 0 unspecified atom stereocenters. The lowest BCUT2D eigenvalue weighted by molar-refractivity contribution is 0.0654. The van der Waals surface area contributed by atoms with Crippen LogP contribution in [-0.4, -0.2) is 57.8 Å². The van der Waals surface area contributed by atoms with Gasteiger partial charge in [0, 0.05) is 50.2 Å². The van der Waals surface area contributed by atoms with E-state index in [1.165, 1.54) is 29.0 Å². The highest BCUT2D eigenvalue weighted by Gasteiger charge is 2.26. The smallest absolute Gasteiger partial charge is 0.265 e. The molecule has 1 aliphatic rings. The highest BCUT2D eigenvalue weighted by atomic mass is 32.1. The number of nitrogens with zero attached hydrogens (tertiary/aromatic N) is 4. The molecule has 168 valence electrons. The van der Waals surface area contributed by atoms with Crippen molar-refractivity contribution in [3.05, 3.63) is 88.8 Å². The summed E-state index contributed by atoms with van der Waals surface area (Å²) in [6.07, 6.45) is 6.24. The monoisotopic (exact) mass is 460 g/mol. The van der Waals surface area contributed by atoms with Crippen molar-refractivity contribution in [2.24, 2.45) is 0 Å². The highest BCUT2D eigenvalue weighted by Crippen LogP contribution is 2.28. The molecule has 5 rings (SSSR count). The molecule has 1 saturated heterocycles. The Bertz CT molecular complexity index is 1290. The zero-order valence-electron chi connectivity index (χ0n) is 18.4. The van der Waals surface area contributed by atoms with Crippen LogP contribution in [0.5, 0.6) is 0 Å². The number of piperazine rings is 1. The van der Waals surface area contributed by atoms with Crippen molar-refractivity contribution < 1.29 is 9.18 Å². The molecular formula is C26H25FN4OS. The van der Waals surface area contributed by atoms with Crippen molar-refractivity contribution in [2.75, 3.05) is 32.7 Å². The van der Waals surface area contributed by atoms with Gasteiger partial charge in [-0.1, -0.05) is 53.8 Å². The molecule has 0 N–H and O–H groups in total. The first-order valence-electron chi connectivity index (χ1n) is 11.1. The van der Waals surface area contributed by atoms with Gasteiger partial charge in [-0.3, -0.25) is 14.1 Å². The van der Waals surface area contributed by atoms with Gasteiger partial charge >= 0.3 is 0 Å². The molecule has 1 aliphatic heterocycles. The summed E-state index contributed by atoms with van der Waals surface area (Å²) in [6.45, 7) is 6.01. The maximum absolute atomic E-state index is 13.2. The second kappa shape index (κ2) is 9.29. The van der Waals surface area contributed by atoms with Crippen molar-refractivity contribution in [3.8, 4) is 11.3 Å². The minimum atomic E-state index is -0.267. The van der Waals surface area contributed by atoms with Crippen molar-refractivity contribution in [1.82, 2.24) is 19.2 Å². The fraction of sp³-hybridized carbons (Fsp3) is 0.231. The van der Waals surface area contributed by atoms with Crippen LogP contribution in [0.3, 0.4) is 0 Å². The van der Waals surface area contributed by atoms with Crippen molar-refractivity contribution in [1.29, 1.82) is 0 Å². The number of halogens is 1. The Balaban J connectivity index is 1.22. The molecule has 0 saturated carbocycles. The molecule has 0 atom stereocenters. The van der Waals surface area contributed by atoms with E-state index in [0.29, 0.717) is 0 Å². The van der Waals surface area contributed by atoms with Gasteiger partial charge in [-0.15, -0.1) is 0 Å². The minimum Gasteiger partial charge on any atom is -0.335 e. The third-order valence-electron chi connectivity index (χ3n) is 6.02. The van der Waals surface area contributed by atoms with Gasteiger partial charge in [-0.25, -0.2) is 9.37 Å². The second-order valence-electron chi connectivity index (χ2n) is 8.21. The SMILES string of the molecule is Cc1c(C(=O)N2CCN(C/C=C/c3ccccc3)CC2)sc2nc(-c3ccc(F)cc3)cn12. The van der Waals surface area contributed by atoms with Crippen LogP contribution in [0, 0.1) is 12.7 Å². The zero-order chi connectivity index (χ0) is 22.8. The van der Waals surface area contributed by atoms with Gasteiger partial charge in [0.2, 0.25) is 0 Å². The van der Waals surface area contributed by atoms with Gasteiger partial charge in [0.05, 0.1) is 5.69 Å². The maximum Gasteiger partial charge on any atom is 0.265 e. The molecule has 1 amide bonds. The fourth-order valence-electron chi connectivity index (χ4n) is 4.09. The molecule has 1 fully saturated rings. The number of imidazole rings is 1. The second-order valence-corrected chi connectivity index (χ2v) is 9.19. The van der Waals surface area contributed by atoms with Crippen LogP contribution in [0.4, 0.5) is 4.39 Å². The number of carbonyl (C=O) groups excluding carboxylic acids is 1. The van der Waals surface area contributed by atoms with Gasteiger partial charge in [0.25, 0.3) is 5.91 Å². The van der Waals surface area contributed by atoms with Gasteiger partial charge in [0.15, 0.2) is 4.96 Å². The summed E-state index contributed by atoms with van der Waals surface area (Å²) in [7, 11) is 0. The van der Waals surface area contributed by atoms with Crippen molar-refractivity contribution in [2.45, 2.75) is 6.92 Å². The van der Waals surface area contributed by atoms with Crippen LogP contribution in [0.2, 0.25) is 0 Å². The number of rotatable bonds is 5. The standard InChI is InChI=1S/C26H25FN4OS/c1-19-24(33-26-28-23(18-31(19)26)21-9-11-22(27)12-10-21)25(32)30-16-14-29(15-17-30)13-5-8-20-6-3-2-4-7-20/h2-12,18H,13-17H2,1H3/b8-5+. The van der Waals surface area contributed by atoms with E-state index in [2.05, 4.69) is 34.2 Å². The number of amides is 1. The lowest BCUT2D eigenvalue weighted by Gasteiger charge is -2.34. The summed E-state index contributed by atoms with van der Waals surface area (Å²) in [4.78, 5) is 23.7. The van der Waals surface area contributed by atoms with Crippen LogP contribution in [0.15, 0.2) is 66.9 Å². The Labute approximate surface area is 196 Å². The average molecular weight is 461 g/mol. The molecular weight excluding hydrogens is 435 g/mol. The first kappa shape index (κ1) is 21.6. The first-order chi connectivity index (χ1) is 16.1. The molecule has 7 heteroatoms. The number of carbonyl (C=O) groups is 1. The van der Waals surface area contributed by atoms with E-state index >= 15 is 0 Å². The Morgan fingerprint density at radius 3 is 2.48 bits per heavy atom. The molecule has 0 radical (unpaired) electrons. The van der Waals surface area contributed by atoms with E-state index < -0.39 is 0 Å². The van der Waals surface area contributed by atoms with Crippen molar-refractivity contribution >= 4 is 28.3 Å². The summed E-state index contributed by atoms with van der Waals surface area (Å²) in [6, 6.07) is 16.6. The van der Waals surface area contributed by atoms with E-state index in [-0.39, 0.29) is 11.7 Å². The third kappa shape index (κ3) is 4.60. The minimum absolute atomic E-state index is 0.0748. The third-order valence-corrected chi connectivity index (χ3v) is 7.17. The predicted molar refractivity (Wildman–Crippen MR) is 131 cm³/mol. The molecule has 0 aliphatic carbocycles. The Kier molecular flexibility index (Phi) is 6.07. The predicted octanol–water partition coefficient (Wildman–Crippen LogP) is 4.98. The van der Waals surface area contributed by atoms with Crippen LogP contribution < -0.4 is 0 Å². The molecule has 4 aromatic rings. The quantitative estimate of drug-likeness (QED) is 0.422. The van der Waals surface area contributed by atoms with E-state index in [0.717, 1.165) is 59.5 Å². The molecule has 3 heterocycles. The molecule has 5 nitrogen and oxygen atoms in total. The molecule has 0 bridgehead atoms. The summed E-state index contributed by atoms with van der Waals surface area (Å²) in [5, 5.41) is 0. The van der Waals surface area contributed by atoms with Crippen LogP contribution in [0.25, 0.3) is 22.3 Å². The maximum atomic E-state index is 13.2. The van der Waals surface area contributed by atoms with E-state index in [9.17, 15) is 9.18 Å². The van der Waals surface area contributed by atoms with Gasteiger partial charge < -0.3 is 4.90 Å². The Morgan fingerprint density at radius 2 is 1.79 bits per heavy atom. The summed E-state index contributed by atoms with van der Waals surface area (Å²) < 4.78 is 15.2. The van der Waals surface area contributed by atoms with E-state index in [4.69, 9.17) is 0 Å². The Morgan fingerprint density at radius 1 is 1.06 bits per heavy atom. The van der Waals surface area contributed by atoms with Crippen LogP contribution in [-0.2, 0) is 0 Å². The zero-order valence-corrected chi connectivity index (χ0v) is 19.3.